The smallest absolute Gasteiger partial charge is 0.328 e. The Labute approximate surface area is 130 Å². The zero-order chi connectivity index (χ0) is 15.5. The molecule has 3 rings (SSSR count). The number of carbonyl (C=O) groups excluding carboxylic acids is 2. The highest BCUT2D eigenvalue weighted by molar-refractivity contribution is 5.90. The first-order valence-electron chi connectivity index (χ1n) is 7.73. The van der Waals surface area contributed by atoms with Crippen LogP contribution in [0.5, 0.6) is 0 Å². The standard InChI is InChI=1S/C16H21N3O3/c1-22-16(21)13-6-4-9-19(13)15(20)14-11-18(14)10-7-12-5-2-3-8-17-12/h2-3,5,8,13-14H,4,6-7,9-11H2,1H3. The molecule has 0 radical (unpaired) electrons. The van der Waals surface area contributed by atoms with E-state index in [0.717, 1.165) is 31.6 Å². The number of esters is 1. The van der Waals surface area contributed by atoms with Gasteiger partial charge in [-0.15, -0.1) is 0 Å². The summed E-state index contributed by atoms with van der Waals surface area (Å²) in [5.41, 5.74) is 1.04. The van der Waals surface area contributed by atoms with Crippen LogP contribution < -0.4 is 0 Å². The van der Waals surface area contributed by atoms with Gasteiger partial charge >= 0.3 is 5.97 Å². The van der Waals surface area contributed by atoms with Crippen LogP contribution in [0.25, 0.3) is 0 Å². The number of ether oxygens (including phenoxy) is 1. The van der Waals surface area contributed by atoms with Crippen LogP contribution in [-0.2, 0) is 20.7 Å². The molecule has 2 aliphatic rings. The van der Waals surface area contributed by atoms with Gasteiger partial charge in [-0.25, -0.2) is 4.79 Å². The van der Waals surface area contributed by atoms with E-state index in [1.54, 1.807) is 11.1 Å². The molecule has 0 spiro atoms. The lowest BCUT2D eigenvalue weighted by atomic mass is 10.2. The third-order valence-corrected chi connectivity index (χ3v) is 4.39. The SMILES string of the molecule is COC(=O)C1CCCN1C(=O)C1CN1CCc1ccccn1. The number of hydrogen-bond acceptors (Lipinski definition) is 5. The molecular weight excluding hydrogens is 282 g/mol. The third-order valence-electron chi connectivity index (χ3n) is 4.39. The number of pyridine rings is 1. The molecule has 6 heteroatoms. The van der Waals surface area contributed by atoms with Gasteiger partial charge < -0.3 is 9.64 Å². The van der Waals surface area contributed by atoms with Crippen molar-refractivity contribution >= 4 is 11.9 Å². The third kappa shape index (κ3) is 3.11. The summed E-state index contributed by atoms with van der Waals surface area (Å²) in [5.74, 6) is -0.236. The van der Waals surface area contributed by atoms with E-state index in [1.807, 2.05) is 18.2 Å². The Balaban J connectivity index is 1.51. The maximum absolute atomic E-state index is 12.5. The van der Waals surface area contributed by atoms with Gasteiger partial charge in [0.05, 0.1) is 7.11 Å². The van der Waals surface area contributed by atoms with Crippen LogP contribution in [0.1, 0.15) is 18.5 Å². The van der Waals surface area contributed by atoms with Gasteiger partial charge in [-0.3, -0.25) is 14.7 Å². The van der Waals surface area contributed by atoms with Crippen LogP contribution >= 0.6 is 0 Å². The van der Waals surface area contributed by atoms with Crippen molar-refractivity contribution in [3.8, 4) is 0 Å². The van der Waals surface area contributed by atoms with Gasteiger partial charge in [0.1, 0.15) is 12.1 Å². The van der Waals surface area contributed by atoms with Crippen molar-refractivity contribution in [1.29, 1.82) is 0 Å². The van der Waals surface area contributed by atoms with E-state index in [4.69, 9.17) is 4.74 Å². The van der Waals surface area contributed by atoms with Crippen molar-refractivity contribution in [3.05, 3.63) is 30.1 Å². The molecule has 6 nitrogen and oxygen atoms in total. The molecule has 3 unspecified atom stereocenters. The van der Waals surface area contributed by atoms with Gasteiger partial charge in [-0.05, 0) is 25.0 Å². The molecule has 3 atom stereocenters. The molecule has 0 aliphatic carbocycles. The Hall–Kier alpha value is -1.95. The minimum absolute atomic E-state index is 0.0638. The number of rotatable bonds is 5. The molecule has 0 saturated carbocycles. The largest absolute Gasteiger partial charge is 0.467 e. The van der Waals surface area contributed by atoms with E-state index < -0.39 is 6.04 Å². The fraction of sp³-hybridized carbons (Fsp3) is 0.562. The van der Waals surface area contributed by atoms with Gasteiger partial charge in [0.15, 0.2) is 0 Å². The van der Waals surface area contributed by atoms with Crippen molar-refractivity contribution in [2.75, 3.05) is 26.7 Å². The number of carbonyl (C=O) groups is 2. The average Bonchev–Trinajstić information content (AvgIpc) is 3.17. The van der Waals surface area contributed by atoms with Crippen molar-refractivity contribution in [2.24, 2.45) is 0 Å². The van der Waals surface area contributed by atoms with Crippen molar-refractivity contribution in [2.45, 2.75) is 31.3 Å². The highest BCUT2D eigenvalue weighted by Gasteiger charge is 2.46. The summed E-state index contributed by atoms with van der Waals surface area (Å²) < 4.78 is 4.79. The maximum Gasteiger partial charge on any atom is 0.328 e. The molecule has 1 aromatic heterocycles. The van der Waals surface area contributed by atoms with Crippen molar-refractivity contribution in [3.63, 3.8) is 0 Å². The Bertz CT molecular complexity index is 549. The molecule has 1 aromatic rings. The van der Waals surface area contributed by atoms with Crippen LogP contribution in [0.4, 0.5) is 0 Å². The summed E-state index contributed by atoms with van der Waals surface area (Å²) in [4.78, 5) is 32.4. The Morgan fingerprint density at radius 3 is 2.95 bits per heavy atom. The second-order valence-corrected chi connectivity index (χ2v) is 5.79. The van der Waals surface area contributed by atoms with Gasteiger partial charge in [0.2, 0.25) is 5.91 Å². The summed E-state index contributed by atoms with van der Waals surface area (Å²) >= 11 is 0. The van der Waals surface area contributed by atoms with E-state index in [9.17, 15) is 9.59 Å². The van der Waals surface area contributed by atoms with E-state index in [2.05, 4.69) is 9.88 Å². The van der Waals surface area contributed by atoms with Crippen LogP contribution in [-0.4, -0.2) is 65.5 Å². The fourth-order valence-corrected chi connectivity index (χ4v) is 3.06. The first kappa shape index (κ1) is 15.0. The number of hydrogen-bond donors (Lipinski definition) is 0. The quantitative estimate of drug-likeness (QED) is 0.584. The Kier molecular flexibility index (Phi) is 4.38. The van der Waals surface area contributed by atoms with Crippen LogP contribution in [0.15, 0.2) is 24.4 Å². The van der Waals surface area contributed by atoms with E-state index in [0.29, 0.717) is 13.0 Å². The van der Waals surface area contributed by atoms with Crippen LogP contribution in [0, 0.1) is 0 Å². The topological polar surface area (TPSA) is 62.5 Å². The summed E-state index contributed by atoms with van der Waals surface area (Å²) in [6, 6.07) is 5.39. The second kappa shape index (κ2) is 6.44. The number of aromatic nitrogens is 1. The highest BCUT2D eigenvalue weighted by Crippen LogP contribution is 2.26. The van der Waals surface area contributed by atoms with Gasteiger partial charge in [-0.1, -0.05) is 6.07 Å². The summed E-state index contributed by atoms with van der Waals surface area (Å²) in [5, 5.41) is 0. The number of nitrogens with zero attached hydrogens (tertiary/aromatic N) is 3. The minimum Gasteiger partial charge on any atom is -0.467 e. The van der Waals surface area contributed by atoms with Crippen molar-refractivity contribution < 1.29 is 14.3 Å². The molecule has 2 aliphatic heterocycles. The summed E-state index contributed by atoms with van der Waals surface area (Å²) in [6.07, 6.45) is 4.20. The molecule has 0 aromatic carbocycles. The Morgan fingerprint density at radius 1 is 1.36 bits per heavy atom. The predicted octanol–water partition coefficient (Wildman–Crippen LogP) is 0.472. The molecule has 2 saturated heterocycles. The lowest BCUT2D eigenvalue weighted by Crippen LogP contribution is -2.44. The first-order valence-corrected chi connectivity index (χ1v) is 7.73. The monoisotopic (exact) mass is 303 g/mol. The van der Waals surface area contributed by atoms with Crippen LogP contribution in [0.3, 0.4) is 0 Å². The molecule has 0 N–H and O–H groups in total. The molecule has 22 heavy (non-hydrogen) atoms. The summed E-state index contributed by atoms with van der Waals surface area (Å²) in [6.45, 7) is 2.25. The van der Waals surface area contributed by atoms with Gasteiger partial charge in [0.25, 0.3) is 0 Å². The number of likely N-dealkylation sites (tertiary alicyclic amines) is 1. The number of amides is 1. The van der Waals surface area contributed by atoms with Crippen LogP contribution in [0.2, 0.25) is 0 Å². The highest BCUT2D eigenvalue weighted by atomic mass is 16.5. The van der Waals surface area contributed by atoms with Gasteiger partial charge in [-0.2, -0.15) is 0 Å². The molecular formula is C16H21N3O3. The lowest BCUT2D eigenvalue weighted by molar-refractivity contribution is -0.151. The average molecular weight is 303 g/mol. The predicted molar refractivity (Wildman–Crippen MR) is 80.1 cm³/mol. The maximum atomic E-state index is 12.5. The van der Waals surface area contributed by atoms with Gasteiger partial charge in [0, 0.05) is 37.9 Å². The fourth-order valence-electron chi connectivity index (χ4n) is 3.06. The van der Waals surface area contributed by atoms with E-state index >= 15 is 0 Å². The molecule has 1 amide bonds. The molecule has 0 bridgehead atoms. The Morgan fingerprint density at radius 2 is 2.23 bits per heavy atom. The first-order chi connectivity index (χ1) is 10.7. The zero-order valence-corrected chi connectivity index (χ0v) is 12.8. The molecule has 2 fully saturated rings. The van der Waals surface area contributed by atoms with Crippen molar-refractivity contribution in [1.82, 2.24) is 14.8 Å². The molecule has 3 heterocycles. The minimum atomic E-state index is -0.393. The lowest BCUT2D eigenvalue weighted by Gasteiger charge is -2.22. The number of methoxy groups -OCH3 is 1. The second-order valence-electron chi connectivity index (χ2n) is 5.79. The normalized spacial score (nSPS) is 26.8. The van der Waals surface area contributed by atoms with E-state index in [-0.39, 0.29) is 17.9 Å². The zero-order valence-electron chi connectivity index (χ0n) is 12.8. The summed E-state index contributed by atoms with van der Waals surface area (Å²) in [7, 11) is 1.37. The molecule has 118 valence electrons. The van der Waals surface area contributed by atoms with E-state index in [1.165, 1.54) is 7.11 Å².